The van der Waals surface area contributed by atoms with E-state index in [1.165, 1.54) is 18.2 Å². The van der Waals surface area contributed by atoms with Crippen LogP contribution in [0.3, 0.4) is 0 Å². The Bertz CT molecular complexity index is 899. The molecule has 5 nitrogen and oxygen atoms in total. The molecule has 148 valence electrons. The molecule has 0 atom stereocenters. The van der Waals surface area contributed by atoms with Crippen molar-refractivity contribution in [2.45, 2.75) is 6.04 Å². The lowest BCUT2D eigenvalue weighted by Gasteiger charge is -2.40. The van der Waals surface area contributed by atoms with Crippen molar-refractivity contribution in [2.75, 3.05) is 38.2 Å². The Morgan fingerprint density at radius 1 is 0.862 bits per heavy atom. The Hall–Kier alpha value is -3.18. The smallest absolute Gasteiger partial charge is 0.341 e. The van der Waals surface area contributed by atoms with Crippen molar-refractivity contribution >= 4 is 11.8 Å². The van der Waals surface area contributed by atoms with Gasteiger partial charge in [0.15, 0.2) is 0 Å². The van der Waals surface area contributed by atoms with Gasteiger partial charge < -0.3 is 9.64 Å². The average Bonchev–Trinajstić information content (AvgIpc) is 2.81. The lowest BCUT2D eigenvalue weighted by molar-refractivity contribution is 0.0600. The van der Waals surface area contributed by atoms with Gasteiger partial charge in [-0.15, -0.1) is 0 Å². The molecule has 0 aliphatic carbocycles. The van der Waals surface area contributed by atoms with Crippen LogP contribution in [0.2, 0.25) is 0 Å². The van der Waals surface area contributed by atoms with Crippen LogP contribution in [0.1, 0.15) is 27.5 Å². The molecule has 1 aliphatic rings. The molecule has 1 fully saturated rings. The summed E-state index contributed by atoms with van der Waals surface area (Å²) < 4.78 is 4.93. The molecule has 5 heteroatoms. The number of ether oxygens (including phenoxy) is 1. The van der Waals surface area contributed by atoms with Gasteiger partial charge in [-0.2, -0.15) is 0 Å². The zero-order valence-corrected chi connectivity index (χ0v) is 16.6. The van der Waals surface area contributed by atoms with Crippen molar-refractivity contribution in [2.24, 2.45) is 0 Å². The van der Waals surface area contributed by atoms with Crippen molar-refractivity contribution in [1.82, 2.24) is 9.88 Å². The van der Waals surface area contributed by atoms with E-state index in [2.05, 4.69) is 75.4 Å². The number of carbonyl (C=O) groups is 1. The molecule has 0 radical (unpaired) electrons. The van der Waals surface area contributed by atoms with E-state index in [4.69, 9.17) is 4.74 Å². The van der Waals surface area contributed by atoms with E-state index in [1.54, 1.807) is 18.3 Å². The van der Waals surface area contributed by atoms with E-state index in [0.29, 0.717) is 11.4 Å². The highest BCUT2D eigenvalue weighted by molar-refractivity contribution is 5.94. The number of hydrogen-bond acceptors (Lipinski definition) is 5. The molecule has 0 unspecified atom stereocenters. The highest BCUT2D eigenvalue weighted by atomic mass is 16.5. The first kappa shape index (κ1) is 19.2. The number of methoxy groups -OCH3 is 1. The third kappa shape index (κ3) is 4.15. The molecule has 1 saturated heterocycles. The van der Waals surface area contributed by atoms with Crippen LogP contribution in [0, 0.1) is 0 Å². The quantitative estimate of drug-likeness (QED) is 0.624. The largest absolute Gasteiger partial charge is 0.465 e. The van der Waals surface area contributed by atoms with Crippen LogP contribution in [0.25, 0.3) is 0 Å². The second kappa shape index (κ2) is 8.88. The van der Waals surface area contributed by atoms with Crippen molar-refractivity contribution in [3.63, 3.8) is 0 Å². The maximum Gasteiger partial charge on any atom is 0.341 e. The van der Waals surface area contributed by atoms with Crippen LogP contribution in [-0.2, 0) is 4.74 Å². The summed E-state index contributed by atoms with van der Waals surface area (Å²) in [6.07, 6.45) is 1.73. The Morgan fingerprint density at radius 3 is 2.00 bits per heavy atom. The second-order valence-electron chi connectivity index (χ2n) is 7.11. The van der Waals surface area contributed by atoms with Gasteiger partial charge in [-0.05, 0) is 23.3 Å². The van der Waals surface area contributed by atoms with Crippen LogP contribution in [0.15, 0.2) is 79.0 Å². The first-order valence-electron chi connectivity index (χ1n) is 9.90. The molecular formula is C24H25N3O2. The van der Waals surface area contributed by atoms with E-state index in [9.17, 15) is 4.79 Å². The third-order valence-electron chi connectivity index (χ3n) is 5.40. The number of hydrogen-bond donors (Lipinski definition) is 0. The minimum absolute atomic E-state index is 0.211. The van der Waals surface area contributed by atoms with Gasteiger partial charge in [-0.25, -0.2) is 9.78 Å². The molecule has 0 amide bonds. The Balaban J connectivity index is 1.56. The first-order chi connectivity index (χ1) is 14.3. The topological polar surface area (TPSA) is 45.7 Å². The Labute approximate surface area is 171 Å². The summed E-state index contributed by atoms with van der Waals surface area (Å²) in [4.78, 5) is 21.3. The van der Waals surface area contributed by atoms with E-state index in [0.717, 1.165) is 26.2 Å². The SMILES string of the molecule is COC(=O)c1cccnc1N1CCN(C(c2ccccc2)c2ccccc2)CC1. The molecular weight excluding hydrogens is 362 g/mol. The van der Waals surface area contributed by atoms with Gasteiger partial charge in [0.1, 0.15) is 11.4 Å². The van der Waals surface area contributed by atoms with E-state index < -0.39 is 0 Å². The van der Waals surface area contributed by atoms with E-state index in [1.807, 2.05) is 0 Å². The van der Waals surface area contributed by atoms with Crippen LogP contribution in [0.4, 0.5) is 5.82 Å². The molecule has 2 aromatic carbocycles. The summed E-state index contributed by atoms with van der Waals surface area (Å²) in [7, 11) is 1.40. The number of carbonyl (C=O) groups excluding carboxylic acids is 1. The fourth-order valence-electron chi connectivity index (χ4n) is 3.99. The van der Waals surface area contributed by atoms with Gasteiger partial charge in [-0.3, -0.25) is 4.90 Å². The summed E-state index contributed by atoms with van der Waals surface area (Å²) in [6, 6.07) is 25.0. The standard InChI is InChI=1S/C24H25N3O2/c1-29-24(28)21-13-8-14-25-23(21)27-17-15-26(16-18-27)22(19-9-4-2-5-10-19)20-11-6-3-7-12-20/h2-14,22H,15-18H2,1H3. The van der Waals surface area contributed by atoms with Crippen LogP contribution >= 0.6 is 0 Å². The molecule has 2 heterocycles. The average molecular weight is 387 g/mol. The minimum Gasteiger partial charge on any atom is -0.465 e. The number of benzene rings is 2. The lowest BCUT2D eigenvalue weighted by Crippen LogP contribution is -2.48. The predicted octanol–water partition coefficient (Wildman–Crippen LogP) is 3.78. The fourth-order valence-corrected chi connectivity index (χ4v) is 3.99. The Morgan fingerprint density at radius 2 is 1.45 bits per heavy atom. The van der Waals surface area contributed by atoms with Gasteiger partial charge in [0.25, 0.3) is 0 Å². The highest BCUT2D eigenvalue weighted by Gasteiger charge is 2.28. The molecule has 29 heavy (non-hydrogen) atoms. The molecule has 0 spiro atoms. The van der Waals surface area contributed by atoms with Crippen LogP contribution < -0.4 is 4.90 Å². The van der Waals surface area contributed by atoms with Gasteiger partial charge in [0.05, 0.1) is 13.2 Å². The maximum atomic E-state index is 12.1. The third-order valence-corrected chi connectivity index (χ3v) is 5.40. The molecule has 1 aliphatic heterocycles. The van der Waals surface area contributed by atoms with Gasteiger partial charge in [-0.1, -0.05) is 60.7 Å². The zero-order chi connectivity index (χ0) is 20.1. The normalized spacial score (nSPS) is 14.8. The monoisotopic (exact) mass is 387 g/mol. The highest BCUT2D eigenvalue weighted by Crippen LogP contribution is 2.30. The molecule has 1 aromatic heterocycles. The minimum atomic E-state index is -0.345. The fraction of sp³-hybridized carbons (Fsp3) is 0.250. The van der Waals surface area contributed by atoms with E-state index >= 15 is 0 Å². The number of piperazine rings is 1. The van der Waals surface area contributed by atoms with Gasteiger partial charge in [0.2, 0.25) is 0 Å². The Kier molecular flexibility index (Phi) is 5.86. The first-order valence-corrected chi connectivity index (χ1v) is 9.90. The molecule has 0 N–H and O–H groups in total. The van der Waals surface area contributed by atoms with Crippen LogP contribution in [-0.4, -0.2) is 49.1 Å². The van der Waals surface area contributed by atoms with Gasteiger partial charge in [0, 0.05) is 32.4 Å². The van der Waals surface area contributed by atoms with Gasteiger partial charge >= 0.3 is 5.97 Å². The molecule has 3 aromatic rings. The molecule has 0 saturated carbocycles. The number of pyridine rings is 1. The van der Waals surface area contributed by atoms with Crippen molar-refractivity contribution in [3.05, 3.63) is 95.7 Å². The summed E-state index contributed by atoms with van der Waals surface area (Å²) in [5.41, 5.74) is 3.10. The van der Waals surface area contributed by atoms with Crippen molar-refractivity contribution in [3.8, 4) is 0 Å². The number of rotatable bonds is 5. The predicted molar refractivity (Wildman–Crippen MR) is 114 cm³/mol. The lowest BCUT2D eigenvalue weighted by atomic mass is 9.96. The van der Waals surface area contributed by atoms with E-state index in [-0.39, 0.29) is 12.0 Å². The number of esters is 1. The number of anilines is 1. The summed E-state index contributed by atoms with van der Waals surface area (Å²) in [5, 5.41) is 0. The maximum absolute atomic E-state index is 12.1. The summed E-state index contributed by atoms with van der Waals surface area (Å²) in [6.45, 7) is 3.37. The number of nitrogens with zero attached hydrogens (tertiary/aromatic N) is 3. The van der Waals surface area contributed by atoms with Crippen LogP contribution in [0.5, 0.6) is 0 Å². The van der Waals surface area contributed by atoms with Crippen molar-refractivity contribution in [1.29, 1.82) is 0 Å². The molecule has 0 bridgehead atoms. The summed E-state index contributed by atoms with van der Waals surface area (Å²) in [5.74, 6) is 0.358. The van der Waals surface area contributed by atoms with Crippen molar-refractivity contribution < 1.29 is 9.53 Å². The zero-order valence-electron chi connectivity index (χ0n) is 16.6. The molecule has 4 rings (SSSR count). The second-order valence-corrected chi connectivity index (χ2v) is 7.11. The number of aromatic nitrogens is 1. The summed E-state index contributed by atoms with van der Waals surface area (Å²) >= 11 is 0.